The number of carbonyl (C=O) groups excluding carboxylic acids is 1. The van der Waals surface area contributed by atoms with Crippen LogP contribution < -0.4 is 10.3 Å². The lowest BCUT2D eigenvalue weighted by Crippen LogP contribution is -2.43. The smallest absolute Gasteiger partial charge is 0.257 e. The van der Waals surface area contributed by atoms with Crippen molar-refractivity contribution in [2.75, 3.05) is 0 Å². The van der Waals surface area contributed by atoms with Crippen LogP contribution in [0.3, 0.4) is 0 Å². The minimum absolute atomic E-state index is 0.0796. The van der Waals surface area contributed by atoms with Gasteiger partial charge in [-0.25, -0.2) is 8.42 Å². The number of nitrogens with one attached hydrogen (secondary N) is 2. The van der Waals surface area contributed by atoms with Crippen molar-refractivity contribution in [3.05, 3.63) is 28.7 Å². The van der Waals surface area contributed by atoms with Crippen LogP contribution in [0.5, 0.6) is 0 Å². The van der Waals surface area contributed by atoms with Gasteiger partial charge in [0.1, 0.15) is 0 Å². The third-order valence-electron chi connectivity index (χ3n) is 1.94. The number of amides is 1. The number of carbonyl (C=O) groups is 1. The van der Waals surface area contributed by atoms with E-state index >= 15 is 0 Å². The Bertz CT molecular complexity index is 514. The number of sulfonamides is 1. The summed E-state index contributed by atoms with van der Waals surface area (Å²) in [4.78, 5) is 13.4. The predicted molar refractivity (Wildman–Crippen MR) is 67.4 cm³/mol. The molecule has 7 heteroatoms. The third-order valence-corrected chi connectivity index (χ3v) is 3.68. The van der Waals surface area contributed by atoms with E-state index in [9.17, 15) is 13.2 Å². The van der Waals surface area contributed by atoms with Gasteiger partial charge < -0.3 is 0 Å². The van der Waals surface area contributed by atoms with Gasteiger partial charge in [0, 0.05) is 10.4 Å². The average Bonchev–Trinajstić information content (AvgIpc) is 2.26. The van der Waals surface area contributed by atoms with Crippen LogP contribution in [0.15, 0.2) is 33.6 Å². The summed E-state index contributed by atoms with van der Waals surface area (Å²) in [5.41, 5.74) is 2.15. The van der Waals surface area contributed by atoms with Crippen molar-refractivity contribution in [3.63, 3.8) is 0 Å². The van der Waals surface area contributed by atoms with Gasteiger partial charge in [-0.1, -0.05) is 35.8 Å². The summed E-state index contributed by atoms with van der Waals surface area (Å²) in [5.74, 6) is -0.677. The molecule has 0 radical (unpaired) electrons. The minimum atomic E-state index is -3.72. The Hall–Kier alpha value is -0.920. The molecule has 1 aromatic rings. The Kier molecular flexibility index (Phi) is 4.67. The van der Waals surface area contributed by atoms with Crippen LogP contribution in [-0.2, 0) is 14.8 Å². The molecule has 94 valence electrons. The Morgan fingerprint density at radius 2 is 2.00 bits per heavy atom. The fraction of sp³-hybridized carbons (Fsp3) is 0.300. The maximum atomic E-state index is 11.8. The van der Waals surface area contributed by atoms with Crippen LogP contribution in [-0.4, -0.2) is 14.3 Å². The molecule has 1 amide bonds. The van der Waals surface area contributed by atoms with E-state index in [1.165, 1.54) is 12.1 Å². The monoisotopic (exact) mass is 320 g/mol. The highest BCUT2D eigenvalue weighted by molar-refractivity contribution is 9.10. The molecule has 0 aromatic heterocycles. The third kappa shape index (κ3) is 4.10. The van der Waals surface area contributed by atoms with Crippen molar-refractivity contribution < 1.29 is 13.2 Å². The summed E-state index contributed by atoms with van der Waals surface area (Å²) in [6.07, 6.45) is 0. The number of halogens is 1. The summed E-state index contributed by atoms with van der Waals surface area (Å²) in [6, 6.07) is 6.20. The van der Waals surface area contributed by atoms with Crippen molar-refractivity contribution in [2.45, 2.75) is 18.7 Å². The molecule has 0 aliphatic heterocycles. The molecule has 0 spiro atoms. The molecule has 17 heavy (non-hydrogen) atoms. The van der Waals surface area contributed by atoms with Crippen LogP contribution in [0, 0.1) is 5.92 Å². The summed E-state index contributed by atoms with van der Waals surface area (Å²) >= 11 is 3.18. The van der Waals surface area contributed by atoms with E-state index in [1.807, 2.05) is 4.83 Å². The highest BCUT2D eigenvalue weighted by atomic mass is 79.9. The summed E-state index contributed by atoms with van der Waals surface area (Å²) in [7, 11) is -3.72. The van der Waals surface area contributed by atoms with E-state index in [4.69, 9.17) is 0 Å². The Morgan fingerprint density at radius 1 is 1.35 bits per heavy atom. The fourth-order valence-electron chi connectivity index (χ4n) is 0.955. The topological polar surface area (TPSA) is 75.3 Å². The Labute approximate surface area is 109 Å². The zero-order valence-corrected chi connectivity index (χ0v) is 11.8. The molecule has 5 nitrogen and oxygen atoms in total. The molecule has 0 aliphatic carbocycles. The van der Waals surface area contributed by atoms with Crippen LogP contribution in [0.25, 0.3) is 0 Å². The van der Waals surface area contributed by atoms with Gasteiger partial charge in [-0.15, -0.1) is 4.83 Å². The van der Waals surface area contributed by atoms with Gasteiger partial charge in [-0.3, -0.25) is 10.2 Å². The van der Waals surface area contributed by atoms with Crippen molar-refractivity contribution >= 4 is 31.9 Å². The van der Waals surface area contributed by atoms with Crippen molar-refractivity contribution in [1.29, 1.82) is 0 Å². The van der Waals surface area contributed by atoms with E-state index < -0.39 is 10.0 Å². The summed E-state index contributed by atoms with van der Waals surface area (Å²) < 4.78 is 24.2. The molecule has 0 aliphatic rings. The predicted octanol–water partition coefficient (Wildman–Crippen LogP) is 1.41. The van der Waals surface area contributed by atoms with Crippen LogP contribution in [0.4, 0.5) is 0 Å². The summed E-state index contributed by atoms with van der Waals surface area (Å²) in [5, 5.41) is 0. The molecule has 2 N–H and O–H groups in total. The first-order chi connectivity index (χ1) is 7.83. The van der Waals surface area contributed by atoms with Crippen LogP contribution in [0.2, 0.25) is 0 Å². The second kappa shape index (κ2) is 5.61. The normalized spacial score (nSPS) is 11.5. The molecular weight excluding hydrogens is 308 g/mol. The second-order valence-corrected chi connectivity index (χ2v) is 6.30. The molecule has 0 saturated carbocycles. The van der Waals surface area contributed by atoms with Crippen molar-refractivity contribution in [2.24, 2.45) is 5.92 Å². The quantitative estimate of drug-likeness (QED) is 0.824. The zero-order valence-electron chi connectivity index (χ0n) is 9.40. The Balaban J connectivity index is 2.80. The lowest BCUT2D eigenvalue weighted by molar-refractivity contribution is -0.124. The lowest BCUT2D eigenvalue weighted by Gasteiger charge is -2.10. The van der Waals surface area contributed by atoms with Crippen LogP contribution >= 0.6 is 15.9 Å². The van der Waals surface area contributed by atoms with E-state index in [0.717, 1.165) is 0 Å². The number of hydrogen-bond donors (Lipinski definition) is 2. The van der Waals surface area contributed by atoms with E-state index in [2.05, 4.69) is 21.4 Å². The molecule has 1 aromatic carbocycles. The van der Waals surface area contributed by atoms with Crippen molar-refractivity contribution in [1.82, 2.24) is 10.3 Å². The molecule has 0 heterocycles. The molecular formula is C10H13BrN2O3S. The first kappa shape index (κ1) is 14.1. The second-order valence-electron chi connectivity index (χ2n) is 3.71. The lowest BCUT2D eigenvalue weighted by atomic mass is 10.2. The Morgan fingerprint density at radius 3 is 2.53 bits per heavy atom. The van der Waals surface area contributed by atoms with E-state index in [0.29, 0.717) is 4.47 Å². The highest BCUT2D eigenvalue weighted by Gasteiger charge is 2.16. The summed E-state index contributed by atoms with van der Waals surface area (Å²) in [6.45, 7) is 3.34. The molecule has 1 rings (SSSR count). The maximum absolute atomic E-state index is 11.8. The van der Waals surface area contributed by atoms with Gasteiger partial charge in [0.25, 0.3) is 10.0 Å². The molecule has 0 atom stereocenters. The van der Waals surface area contributed by atoms with E-state index in [-0.39, 0.29) is 16.7 Å². The average molecular weight is 321 g/mol. The first-order valence-electron chi connectivity index (χ1n) is 4.90. The van der Waals surface area contributed by atoms with Gasteiger partial charge in [-0.2, -0.15) is 0 Å². The number of hydrogen-bond acceptors (Lipinski definition) is 3. The van der Waals surface area contributed by atoms with Crippen molar-refractivity contribution in [3.8, 4) is 0 Å². The number of benzene rings is 1. The standard InChI is InChI=1S/C10H13BrN2O3S/c1-7(2)10(14)12-13-17(15,16)9-5-3-4-8(11)6-9/h3-7,13H,1-2H3,(H,12,14). The van der Waals surface area contributed by atoms with Gasteiger partial charge in [-0.05, 0) is 18.2 Å². The maximum Gasteiger partial charge on any atom is 0.257 e. The molecule has 0 bridgehead atoms. The van der Waals surface area contributed by atoms with Crippen LogP contribution in [0.1, 0.15) is 13.8 Å². The molecule has 0 saturated heterocycles. The highest BCUT2D eigenvalue weighted by Crippen LogP contribution is 2.15. The molecule has 0 fully saturated rings. The minimum Gasteiger partial charge on any atom is -0.277 e. The molecule has 0 unspecified atom stereocenters. The largest absolute Gasteiger partial charge is 0.277 e. The number of rotatable bonds is 4. The van der Waals surface area contributed by atoms with Gasteiger partial charge >= 0.3 is 0 Å². The van der Waals surface area contributed by atoms with Gasteiger partial charge in [0.15, 0.2) is 0 Å². The zero-order chi connectivity index (χ0) is 13.1. The van der Waals surface area contributed by atoms with Gasteiger partial charge in [0.2, 0.25) is 5.91 Å². The van der Waals surface area contributed by atoms with Gasteiger partial charge in [0.05, 0.1) is 4.90 Å². The first-order valence-corrected chi connectivity index (χ1v) is 7.18. The fourth-order valence-corrected chi connectivity index (χ4v) is 2.40. The number of hydrazine groups is 1. The van der Waals surface area contributed by atoms with E-state index in [1.54, 1.807) is 26.0 Å². The SMILES string of the molecule is CC(C)C(=O)NNS(=O)(=O)c1cccc(Br)c1.